The lowest BCUT2D eigenvalue weighted by Crippen LogP contribution is -2.31. The first-order valence-corrected chi connectivity index (χ1v) is 13.4. The van der Waals surface area contributed by atoms with Gasteiger partial charge in [0.05, 0.1) is 29.3 Å². The smallest absolute Gasteiger partial charge is 0.251 e. The van der Waals surface area contributed by atoms with Crippen LogP contribution in [-0.4, -0.2) is 41.6 Å². The molecule has 6 rings (SSSR count). The Kier molecular flexibility index (Phi) is 7.00. The molecule has 10 heteroatoms. The quantitative estimate of drug-likeness (QED) is 0.251. The van der Waals surface area contributed by atoms with E-state index >= 15 is 0 Å². The van der Waals surface area contributed by atoms with Crippen molar-refractivity contribution in [2.24, 2.45) is 0 Å². The molecule has 1 N–H and O–H groups in total. The molecule has 2 unspecified atom stereocenters. The Morgan fingerprint density at radius 1 is 1.18 bits per heavy atom. The Bertz CT molecular complexity index is 1600. The summed E-state index contributed by atoms with van der Waals surface area (Å²) >= 11 is 6.12. The molecule has 0 spiro atoms. The summed E-state index contributed by atoms with van der Waals surface area (Å²) < 4.78 is 54.2. The molecule has 2 aromatic carbocycles. The molecular weight excluding hydrogens is 543 g/mol. The predicted molar refractivity (Wildman–Crippen MR) is 145 cm³/mol. The maximum atomic E-state index is 14.4. The number of hydrogen-bond acceptors (Lipinski definition) is 5. The molecular formula is C30H25ClF3N3O3. The van der Waals surface area contributed by atoms with Gasteiger partial charge in [0.1, 0.15) is 28.5 Å². The van der Waals surface area contributed by atoms with Gasteiger partial charge in [-0.2, -0.15) is 0 Å². The summed E-state index contributed by atoms with van der Waals surface area (Å²) in [5.74, 6) is -1.43. The Morgan fingerprint density at radius 3 is 2.67 bits per heavy atom. The number of nitrogens with zero attached hydrogens (tertiary/aromatic N) is 2. The van der Waals surface area contributed by atoms with E-state index in [4.69, 9.17) is 21.1 Å². The molecule has 0 saturated heterocycles. The average molecular weight is 568 g/mol. The largest absolute Gasteiger partial charge is 0.490 e. The number of alkyl halides is 2. The van der Waals surface area contributed by atoms with Crippen LogP contribution in [0.15, 0.2) is 54.7 Å². The summed E-state index contributed by atoms with van der Waals surface area (Å²) in [4.78, 5) is 22.1. The van der Waals surface area contributed by atoms with E-state index in [1.165, 1.54) is 30.5 Å². The molecule has 1 aliphatic carbocycles. The van der Waals surface area contributed by atoms with Crippen LogP contribution in [0, 0.1) is 5.82 Å². The lowest BCUT2D eigenvalue weighted by molar-refractivity contribution is 0.0898. The summed E-state index contributed by atoms with van der Waals surface area (Å²) in [7, 11) is 0. The van der Waals surface area contributed by atoms with Gasteiger partial charge in [-0.25, -0.2) is 18.2 Å². The summed E-state index contributed by atoms with van der Waals surface area (Å²) in [6.07, 6.45) is 0.595. The average Bonchev–Trinajstić information content (AvgIpc) is 3.68. The van der Waals surface area contributed by atoms with Crippen molar-refractivity contribution < 1.29 is 27.4 Å². The van der Waals surface area contributed by atoms with Crippen molar-refractivity contribution >= 4 is 28.4 Å². The van der Waals surface area contributed by atoms with Gasteiger partial charge >= 0.3 is 0 Å². The minimum absolute atomic E-state index is 0.0354. The second kappa shape index (κ2) is 10.6. The third-order valence-corrected chi connectivity index (χ3v) is 7.32. The predicted octanol–water partition coefficient (Wildman–Crippen LogP) is 6.91. The molecule has 1 aliphatic heterocycles. The number of aromatic nitrogens is 2. The SMILES string of the molecule is CC1COc2c1cc(C(CNC(=O)c1cc(OC3CC3)c3ncc(Cl)cc3c1)C(F)F)nc2-c1ccc(F)cc1. The van der Waals surface area contributed by atoms with Gasteiger partial charge in [0.15, 0.2) is 0 Å². The number of pyridine rings is 2. The van der Waals surface area contributed by atoms with Crippen LogP contribution in [0.25, 0.3) is 22.2 Å². The maximum absolute atomic E-state index is 14.4. The van der Waals surface area contributed by atoms with Crippen molar-refractivity contribution in [3.05, 3.63) is 82.4 Å². The number of halogens is 4. The second-order valence-electron chi connectivity index (χ2n) is 10.2. The number of carbonyl (C=O) groups excluding carboxylic acids is 1. The highest BCUT2D eigenvalue weighted by Gasteiger charge is 2.32. The van der Waals surface area contributed by atoms with Gasteiger partial charge < -0.3 is 14.8 Å². The van der Waals surface area contributed by atoms with E-state index in [1.807, 2.05) is 6.92 Å². The first kappa shape index (κ1) is 26.4. The zero-order valence-electron chi connectivity index (χ0n) is 21.5. The topological polar surface area (TPSA) is 73.3 Å². The molecule has 1 saturated carbocycles. The molecule has 2 aliphatic rings. The number of carbonyl (C=O) groups is 1. The number of amides is 1. The van der Waals surface area contributed by atoms with Crippen LogP contribution in [0.4, 0.5) is 13.2 Å². The molecule has 2 atom stereocenters. The summed E-state index contributed by atoms with van der Waals surface area (Å²) in [5, 5.41) is 3.66. The minimum Gasteiger partial charge on any atom is -0.490 e. The van der Waals surface area contributed by atoms with Crippen LogP contribution in [0.3, 0.4) is 0 Å². The van der Waals surface area contributed by atoms with E-state index in [9.17, 15) is 18.0 Å². The third-order valence-electron chi connectivity index (χ3n) is 7.11. The molecule has 206 valence electrons. The molecule has 3 heterocycles. The van der Waals surface area contributed by atoms with Gasteiger partial charge in [0, 0.05) is 40.7 Å². The van der Waals surface area contributed by atoms with Crippen LogP contribution in [0.1, 0.15) is 53.2 Å². The molecule has 4 aromatic rings. The number of benzene rings is 2. The molecule has 6 nitrogen and oxygen atoms in total. The summed E-state index contributed by atoms with van der Waals surface area (Å²) in [6, 6.07) is 12.1. The van der Waals surface area contributed by atoms with Gasteiger partial charge in [-0.3, -0.25) is 9.78 Å². The molecule has 2 aromatic heterocycles. The fourth-order valence-corrected chi connectivity index (χ4v) is 4.95. The normalized spacial score (nSPS) is 17.0. The highest BCUT2D eigenvalue weighted by Crippen LogP contribution is 2.42. The number of ether oxygens (including phenoxy) is 2. The molecule has 0 bridgehead atoms. The number of rotatable bonds is 8. The van der Waals surface area contributed by atoms with Gasteiger partial charge in [-0.05, 0) is 61.4 Å². The van der Waals surface area contributed by atoms with E-state index in [1.54, 1.807) is 24.3 Å². The Labute approximate surface area is 233 Å². The standard InChI is InChI=1S/C30H25ClF3N3O3/c1-15-14-39-28-22(15)11-24(37-27(28)16-2-4-20(32)5-3-16)23(29(33)34)13-36-30(38)18-8-17-9-19(31)12-35-26(17)25(10-18)40-21-6-7-21/h2-5,8-12,15,21,23,29H,6-7,13-14H2,1H3,(H,36,38). The Morgan fingerprint density at radius 2 is 1.95 bits per heavy atom. The summed E-state index contributed by atoms with van der Waals surface area (Å²) in [6.45, 7) is 1.97. The Balaban J connectivity index is 1.30. The van der Waals surface area contributed by atoms with Crippen LogP contribution in [-0.2, 0) is 0 Å². The van der Waals surface area contributed by atoms with Crippen LogP contribution in [0.2, 0.25) is 5.02 Å². The lowest BCUT2D eigenvalue weighted by Gasteiger charge is -2.19. The van der Waals surface area contributed by atoms with Crippen molar-refractivity contribution in [1.29, 1.82) is 0 Å². The second-order valence-corrected chi connectivity index (χ2v) is 10.6. The number of nitrogens with one attached hydrogen (secondary N) is 1. The molecule has 1 amide bonds. The first-order valence-electron chi connectivity index (χ1n) is 13.0. The van der Waals surface area contributed by atoms with Crippen molar-refractivity contribution in [2.45, 2.75) is 44.1 Å². The molecule has 40 heavy (non-hydrogen) atoms. The monoisotopic (exact) mass is 567 g/mol. The first-order chi connectivity index (χ1) is 19.3. The van der Waals surface area contributed by atoms with E-state index in [0.717, 1.165) is 18.4 Å². The number of hydrogen-bond donors (Lipinski definition) is 1. The van der Waals surface area contributed by atoms with E-state index in [2.05, 4.69) is 15.3 Å². The van der Waals surface area contributed by atoms with Crippen molar-refractivity contribution in [3.8, 4) is 22.8 Å². The van der Waals surface area contributed by atoms with Crippen molar-refractivity contribution in [1.82, 2.24) is 15.3 Å². The van der Waals surface area contributed by atoms with Crippen LogP contribution < -0.4 is 14.8 Å². The van der Waals surface area contributed by atoms with Crippen LogP contribution >= 0.6 is 11.6 Å². The van der Waals surface area contributed by atoms with E-state index < -0.39 is 24.1 Å². The van der Waals surface area contributed by atoms with Gasteiger partial charge in [-0.1, -0.05) is 18.5 Å². The highest BCUT2D eigenvalue weighted by molar-refractivity contribution is 6.31. The summed E-state index contributed by atoms with van der Waals surface area (Å²) in [5.41, 5.74) is 2.62. The van der Waals surface area contributed by atoms with Crippen molar-refractivity contribution in [3.63, 3.8) is 0 Å². The molecule has 0 radical (unpaired) electrons. The van der Waals surface area contributed by atoms with E-state index in [0.29, 0.717) is 45.3 Å². The fourth-order valence-electron chi connectivity index (χ4n) is 4.79. The van der Waals surface area contributed by atoms with Gasteiger partial charge in [0.25, 0.3) is 5.91 Å². The maximum Gasteiger partial charge on any atom is 0.251 e. The van der Waals surface area contributed by atoms with Crippen LogP contribution in [0.5, 0.6) is 11.5 Å². The van der Waals surface area contributed by atoms with Crippen molar-refractivity contribution in [2.75, 3.05) is 13.2 Å². The molecule has 1 fully saturated rings. The highest BCUT2D eigenvalue weighted by atomic mass is 35.5. The Hall–Kier alpha value is -3.85. The lowest BCUT2D eigenvalue weighted by atomic mass is 9.96. The fraction of sp³-hybridized carbons (Fsp3) is 0.300. The number of fused-ring (bicyclic) bond motifs is 2. The van der Waals surface area contributed by atoms with Gasteiger partial charge in [0.2, 0.25) is 6.43 Å². The zero-order valence-corrected chi connectivity index (χ0v) is 22.2. The van der Waals surface area contributed by atoms with E-state index in [-0.39, 0.29) is 29.8 Å². The van der Waals surface area contributed by atoms with Gasteiger partial charge in [-0.15, -0.1) is 0 Å². The third kappa shape index (κ3) is 5.30. The zero-order chi connectivity index (χ0) is 28.0. The minimum atomic E-state index is -2.81.